The third-order valence-corrected chi connectivity index (χ3v) is 3.90. The minimum Gasteiger partial charge on any atom is -0.440 e. The number of oxazole rings is 1. The summed E-state index contributed by atoms with van der Waals surface area (Å²) in [6.07, 6.45) is 2.67. The van der Waals surface area contributed by atoms with Gasteiger partial charge in [-0.2, -0.15) is 0 Å². The van der Waals surface area contributed by atoms with Gasteiger partial charge in [0.1, 0.15) is 0 Å². The summed E-state index contributed by atoms with van der Waals surface area (Å²) >= 11 is 1.76. The van der Waals surface area contributed by atoms with E-state index >= 15 is 0 Å². The van der Waals surface area contributed by atoms with Crippen LogP contribution in [0.5, 0.6) is 0 Å². The van der Waals surface area contributed by atoms with Crippen molar-refractivity contribution in [2.24, 2.45) is 0 Å². The fraction of sp³-hybridized carbons (Fsp3) is 0.462. The molecule has 2 aromatic heterocycles. The van der Waals surface area contributed by atoms with Crippen LogP contribution in [0.3, 0.4) is 0 Å². The maximum atomic E-state index is 5.74. The zero-order chi connectivity index (χ0) is 12.3. The molecule has 0 atom stereocenters. The Hall–Kier alpha value is -1.13. The molecule has 0 bridgehead atoms. The number of nitrogens with zero attached hydrogens (tertiary/aromatic N) is 1. The lowest BCUT2D eigenvalue weighted by molar-refractivity contribution is 0.498. The van der Waals surface area contributed by atoms with Gasteiger partial charge in [0.05, 0.1) is 11.1 Å². The third kappa shape index (κ3) is 2.96. The smallest absolute Gasteiger partial charge is 0.196 e. The van der Waals surface area contributed by atoms with Gasteiger partial charge in [-0.25, -0.2) is 4.98 Å². The van der Waals surface area contributed by atoms with Crippen LogP contribution in [-0.4, -0.2) is 18.1 Å². The molecular formula is C13H18N2OS. The summed E-state index contributed by atoms with van der Waals surface area (Å²) in [4.78, 5) is 6.81. The van der Waals surface area contributed by atoms with Crippen LogP contribution in [0.2, 0.25) is 0 Å². The number of aryl methyl sites for hydroxylation is 2. The van der Waals surface area contributed by atoms with Crippen LogP contribution in [-0.2, 0) is 6.42 Å². The Bertz CT molecular complexity index is 468. The molecule has 0 fully saturated rings. The van der Waals surface area contributed by atoms with Crippen LogP contribution in [0.4, 0.5) is 0 Å². The Labute approximate surface area is 106 Å². The SMILES string of the molecule is CCNCCc1ncc(-c2cc(C)c(C)s2)o1. The first-order chi connectivity index (χ1) is 8.20. The molecule has 0 amide bonds. The second-order valence-electron chi connectivity index (χ2n) is 4.07. The molecule has 3 nitrogen and oxygen atoms in total. The van der Waals surface area contributed by atoms with E-state index in [-0.39, 0.29) is 0 Å². The van der Waals surface area contributed by atoms with Crippen LogP contribution in [0.25, 0.3) is 10.6 Å². The highest BCUT2D eigenvalue weighted by atomic mass is 32.1. The number of nitrogens with one attached hydrogen (secondary N) is 1. The van der Waals surface area contributed by atoms with E-state index in [1.807, 2.05) is 6.20 Å². The van der Waals surface area contributed by atoms with Crippen LogP contribution in [0.15, 0.2) is 16.7 Å². The van der Waals surface area contributed by atoms with Crippen molar-refractivity contribution in [3.63, 3.8) is 0 Å². The maximum Gasteiger partial charge on any atom is 0.196 e. The molecule has 0 spiro atoms. The largest absolute Gasteiger partial charge is 0.440 e. The highest BCUT2D eigenvalue weighted by Gasteiger charge is 2.09. The predicted octanol–water partition coefficient (Wildman–Crippen LogP) is 3.17. The zero-order valence-electron chi connectivity index (χ0n) is 10.5. The predicted molar refractivity (Wildman–Crippen MR) is 71.5 cm³/mol. The summed E-state index contributed by atoms with van der Waals surface area (Å²) in [6.45, 7) is 8.25. The zero-order valence-corrected chi connectivity index (χ0v) is 11.4. The molecule has 92 valence electrons. The molecule has 0 saturated carbocycles. The Kier molecular flexibility index (Phi) is 3.97. The Morgan fingerprint density at radius 2 is 2.24 bits per heavy atom. The van der Waals surface area contributed by atoms with E-state index in [0.717, 1.165) is 31.2 Å². The van der Waals surface area contributed by atoms with Gasteiger partial charge in [0.15, 0.2) is 11.7 Å². The van der Waals surface area contributed by atoms with Crippen molar-refractivity contribution in [2.75, 3.05) is 13.1 Å². The van der Waals surface area contributed by atoms with E-state index in [4.69, 9.17) is 4.42 Å². The molecule has 0 aliphatic carbocycles. The van der Waals surface area contributed by atoms with E-state index in [1.165, 1.54) is 15.3 Å². The lowest BCUT2D eigenvalue weighted by Gasteiger charge is -1.96. The monoisotopic (exact) mass is 250 g/mol. The van der Waals surface area contributed by atoms with Crippen molar-refractivity contribution >= 4 is 11.3 Å². The molecular weight excluding hydrogens is 232 g/mol. The second-order valence-corrected chi connectivity index (χ2v) is 5.33. The number of likely N-dealkylation sites (N-methyl/N-ethyl adjacent to an activating group) is 1. The fourth-order valence-corrected chi connectivity index (χ4v) is 2.59. The average Bonchev–Trinajstić information content (AvgIpc) is 2.88. The summed E-state index contributed by atoms with van der Waals surface area (Å²) in [5.74, 6) is 1.70. The highest BCUT2D eigenvalue weighted by molar-refractivity contribution is 7.15. The first-order valence-corrected chi connectivity index (χ1v) is 6.75. The number of aromatic nitrogens is 1. The lowest BCUT2D eigenvalue weighted by atomic mass is 10.3. The fourth-order valence-electron chi connectivity index (χ4n) is 1.61. The summed E-state index contributed by atoms with van der Waals surface area (Å²) < 4.78 is 5.74. The van der Waals surface area contributed by atoms with Crippen molar-refractivity contribution in [1.82, 2.24) is 10.3 Å². The van der Waals surface area contributed by atoms with Crippen LogP contribution >= 0.6 is 11.3 Å². The molecule has 0 saturated heterocycles. The molecule has 4 heteroatoms. The van der Waals surface area contributed by atoms with E-state index in [9.17, 15) is 0 Å². The van der Waals surface area contributed by atoms with E-state index in [0.29, 0.717) is 0 Å². The van der Waals surface area contributed by atoms with Crippen molar-refractivity contribution in [2.45, 2.75) is 27.2 Å². The molecule has 0 aliphatic heterocycles. The van der Waals surface area contributed by atoms with Crippen molar-refractivity contribution in [3.05, 3.63) is 28.6 Å². The molecule has 2 aromatic rings. The standard InChI is InChI=1S/C13H18N2OS/c1-4-14-6-5-13-15-8-11(16-13)12-7-9(2)10(3)17-12/h7-8,14H,4-6H2,1-3H3. The first kappa shape index (κ1) is 12.3. The van der Waals surface area contributed by atoms with Crippen molar-refractivity contribution in [1.29, 1.82) is 0 Å². The van der Waals surface area contributed by atoms with Gasteiger partial charge in [-0.05, 0) is 32.0 Å². The first-order valence-electron chi connectivity index (χ1n) is 5.93. The molecule has 0 unspecified atom stereocenters. The van der Waals surface area contributed by atoms with E-state index in [1.54, 1.807) is 11.3 Å². The molecule has 0 radical (unpaired) electrons. The third-order valence-electron chi connectivity index (χ3n) is 2.73. The van der Waals surface area contributed by atoms with Gasteiger partial charge >= 0.3 is 0 Å². The van der Waals surface area contributed by atoms with Crippen LogP contribution < -0.4 is 5.32 Å². The second kappa shape index (κ2) is 5.47. The summed E-state index contributed by atoms with van der Waals surface area (Å²) in [5.41, 5.74) is 1.32. The van der Waals surface area contributed by atoms with E-state index < -0.39 is 0 Å². The lowest BCUT2D eigenvalue weighted by Crippen LogP contribution is -2.16. The van der Waals surface area contributed by atoms with Crippen LogP contribution in [0, 0.1) is 13.8 Å². The molecule has 0 aliphatic rings. The van der Waals surface area contributed by atoms with Crippen LogP contribution in [0.1, 0.15) is 23.3 Å². The van der Waals surface area contributed by atoms with Gasteiger partial charge in [-0.3, -0.25) is 0 Å². The summed E-state index contributed by atoms with van der Waals surface area (Å²) in [6, 6.07) is 2.16. The molecule has 2 heterocycles. The van der Waals surface area contributed by atoms with Crippen molar-refractivity contribution < 1.29 is 4.42 Å². The summed E-state index contributed by atoms with van der Waals surface area (Å²) in [7, 11) is 0. The maximum absolute atomic E-state index is 5.74. The molecule has 2 rings (SSSR count). The van der Waals surface area contributed by atoms with Crippen molar-refractivity contribution in [3.8, 4) is 10.6 Å². The highest BCUT2D eigenvalue weighted by Crippen LogP contribution is 2.30. The topological polar surface area (TPSA) is 38.1 Å². The average molecular weight is 250 g/mol. The van der Waals surface area contributed by atoms with Gasteiger partial charge in [0, 0.05) is 17.8 Å². The number of thiophene rings is 1. The number of hydrogen-bond donors (Lipinski definition) is 1. The minimum atomic E-state index is 0.810. The molecule has 0 aromatic carbocycles. The Balaban J connectivity index is 2.07. The molecule has 1 N–H and O–H groups in total. The summed E-state index contributed by atoms with van der Waals surface area (Å²) in [5, 5.41) is 3.26. The Morgan fingerprint density at radius 1 is 1.41 bits per heavy atom. The van der Waals surface area contributed by atoms with Gasteiger partial charge in [-0.1, -0.05) is 6.92 Å². The van der Waals surface area contributed by atoms with Gasteiger partial charge in [0.25, 0.3) is 0 Å². The number of hydrogen-bond acceptors (Lipinski definition) is 4. The quantitative estimate of drug-likeness (QED) is 0.828. The van der Waals surface area contributed by atoms with Gasteiger partial charge < -0.3 is 9.73 Å². The normalized spacial score (nSPS) is 11.0. The molecule has 17 heavy (non-hydrogen) atoms. The van der Waals surface area contributed by atoms with E-state index in [2.05, 4.69) is 37.1 Å². The van der Waals surface area contributed by atoms with Gasteiger partial charge in [-0.15, -0.1) is 11.3 Å². The minimum absolute atomic E-state index is 0.810. The van der Waals surface area contributed by atoms with Gasteiger partial charge in [0.2, 0.25) is 0 Å². The Morgan fingerprint density at radius 3 is 2.88 bits per heavy atom. The number of rotatable bonds is 5.